The van der Waals surface area contributed by atoms with Crippen LogP contribution in [0.1, 0.15) is 26.3 Å². The van der Waals surface area contributed by atoms with Crippen molar-refractivity contribution in [2.45, 2.75) is 33.2 Å². The fourth-order valence-electron chi connectivity index (χ4n) is 1.86. The van der Waals surface area contributed by atoms with Gasteiger partial charge in [-0.1, -0.05) is 13.8 Å². The normalized spacial score (nSPS) is 14.9. The summed E-state index contributed by atoms with van der Waals surface area (Å²) in [7, 11) is 0. The number of nitrogens with two attached hydrogens (primary N) is 1. The van der Waals surface area contributed by atoms with Crippen molar-refractivity contribution in [3.63, 3.8) is 0 Å². The third-order valence-electron chi connectivity index (χ3n) is 2.67. The van der Waals surface area contributed by atoms with Crippen LogP contribution in [-0.2, 0) is 6.42 Å². The van der Waals surface area contributed by atoms with Gasteiger partial charge in [0.1, 0.15) is 5.75 Å². The minimum Gasteiger partial charge on any atom is -0.493 e. The van der Waals surface area contributed by atoms with E-state index < -0.39 is 0 Å². The quantitative estimate of drug-likeness (QED) is 0.872. The molecule has 1 atom stereocenters. The van der Waals surface area contributed by atoms with Crippen molar-refractivity contribution in [1.29, 1.82) is 0 Å². The summed E-state index contributed by atoms with van der Waals surface area (Å²) < 4.78 is 16.6. The molecular formula is C14H21NO3. The smallest absolute Gasteiger partial charge is 0.231 e. The average molecular weight is 251 g/mol. The maximum atomic E-state index is 5.87. The number of hydrogen-bond donors (Lipinski definition) is 1. The molecule has 0 bridgehead atoms. The van der Waals surface area contributed by atoms with Crippen molar-refractivity contribution in [2.75, 3.05) is 13.4 Å². The number of hydrogen-bond acceptors (Lipinski definition) is 4. The Labute approximate surface area is 108 Å². The van der Waals surface area contributed by atoms with Gasteiger partial charge in [-0.3, -0.25) is 0 Å². The summed E-state index contributed by atoms with van der Waals surface area (Å²) in [6.45, 7) is 7.19. The van der Waals surface area contributed by atoms with Crippen LogP contribution in [0.3, 0.4) is 0 Å². The van der Waals surface area contributed by atoms with Crippen molar-refractivity contribution in [1.82, 2.24) is 0 Å². The van der Waals surface area contributed by atoms with Crippen LogP contribution in [0.15, 0.2) is 12.1 Å². The highest BCUT2D eigenvalue weighted by Gasteiger charge is 2.18. The molecule has 4 nitrogen and oxygen atoms in total. The third kappa shape index (κ3) is 3.07. The van der Waals surface area contributed by atoms with Gasteiger partial charge >= 0.3 is 0 Å². The van der Waals surface area contributed by atoms with Gasteiger partial charge < -0.3 is 19.9 Å². The maximum absolute atomic E-state index is 5.87. The zero-order valence-corrected chi connectivity index (χ0v) is 11.2. The van der Waals surface area contributed by atoms with Gasteiger partial charge in [-0.15, -0.1) is 0 Å². The van der Waals surface area contributed by atoms with Gasteiger partial charge in [0, 0.05) is 12.1 Å². The Balaban J connectivity index is 2.23. The second kappa shape index (κ2) is 5.48. The molecule has 0 radical (unpaired) electrons. The van der Waals surface area contributed by atoms with E-state index in [1.807, 2.05) is 19.1 Å². The summed E-state index contributed by atoms with van der Waals surface area (Å²) in [5.41, 5.74) is 6.95. The highest BCUT2D eigenvalue weighted by Crippen LogP contribution is 2.38. The lowest BCUT2D eigenvalue weighted by atomic mass is 10.1. The predicted molar refractivity (Wildman–Crippen MR) is 70.3 cm³/mol. The van der Waals surface area contributed by atoms with Crippen LogP contribution in [-0.4, -0.2) is 19.4 Å². The molecule has 0 aromatic heterocycles. The molecule has 18 heavy (non-hydrogen) atoms. The Hall–Kier alpha value is -1.42. The monoisotopic (exact) mass is 251 g/mol. The molecule has 0 saturated heterocycles. The summed E-state index contributed by atoms with van der Waals surface area (Å²) in [5.74, 6) is 2.87. The Morgan fingerprint density at radius 2 is 1.89 bits per heavy atom. The fourth-order valence-corrected chi connectivity index (χ4v) is 1.86. The Bertz CT molecular complexity index is 416. The van der Waals surface area contributed by atoms with Gasteiger partial charge in [0.25, 0.3) is 0 Å². The van der Waals surface area contributed by atoms with Gasteiger partial charge in [0.05, 0.1) is 6.61 Å². The highest BCUT2D eigenvalue weighted by molar-refractivity contribution is 5.52. The van der Waals surface area contributed by atoms with E-state index in [-0.39, 0.29) is 12.8 Å². The van der Waals surface area contributed by atoms with Crippen LogP contribution >= 0.6 is 0 Å². The lowest BCUT2D eigenvalue weighted by Gasteiger charge is -2.15. The first kappa shape index (κ1) is 13.0. The third-order valence-corrected chi connectivity index (χ3v) is 2.67. The van der Waals surface area contributed by atoms with Crippen LogP contribution in [0.2, 0.25) is 0 Å². The zero-order valence-electron chi connectivity index (χ0n) is 11.2. The van der Waals surface area contributed by atoms with Crippen molar-refractivity contribution >= 4 is 0 Å². The molecule has 100 valence electrons. The molecule has 1 heterocycles. The van der Waals surface area contributed by atoms with E-state index in [2.05, 4.69) is 13.8 Å². The van der Waals surface area contributed by atoms with Gasteiger partial charge in [-0.2, -0.15) is 0 Å². The van der Waals surface area contributed by atoms with E-state index in [9.17, 15) is 0 Å². The van der Waals surface area contributed by atoms with Crippen LogP contribution in [0.25, 0.3) is 0 Å². The molecule has 2 N–H and O–H groups in total. The molecule has 0 amide bonds. The topological polar surface area (TPSA) is 53.7 Å². The second-order valence-corrected chi connectivity index (χ2v) is 5.20. The molecule has 0 aliphatic carbocycles. The van der Waals surface area contributed by atoms with E-state index in [0.29, 0.717) is 12.5 Å². The summed E-state index contributed by atoms with van der Waals surface area (Å²) in [6.07, 6.45) is 0.768. The number of benzene rings is 1. The SMILES string of the molecule is CC(C)COc1cc2c(cc1CC(C)N)OCO2. The minimum atomic E-state index is 0.0896. The molecule has 1 unspecified atom stereocenters. The molecule has 0 saturated carbocycles. The molecule has 1 aromatic rings. The van der Waals surface area contributed by atoms with Gasteiger partial charge in [0.2, 0.25) is 6.79 Å². The van der Waals surface area contributed by atoms with Gasteiger partial charge in [0.15, 0.2) is 11.5 Å². The molecule has 2 rings (SSSR count). The zero-order chi connectivity index (χ0) is 13.1. The van der Waals surface area contributed by atoms with Crippen LogP contribution < -0.4 is 19.9 Å². The average Bonchev–Trinajstić information content (AvgIpc) is 2.71. The van der Waals surface area contributed by atoms with E-state index in [4.69, 9.17) is 19.9 Å². The van der Waals surface area contributed by atoms with Crippen molar-refractivity contribution in [3.05, 3.63) is 17.7 Å². The van der Waals surface area contributed by atoms with Crippen LogP contribution in [0.4, 0.5) is 0 Å². The summed E-state index contributed by atoms with van der Waals surface area (Å²) in [5, 5.41) is 0. The maximum Gasteiger partial charge on any atom is 0.231 e. The summed E-state index contributed by atoms with van der Waals surface area (Å²) in [4.78, 5) is 0. The molecule has 1 aliphatic rings. The fraction of sp³-hybridized carbons (Fsp3) is 0.571. The van der Waals surface area contributed by atoms with E-state index in [1.165, 1.54) is 0 Å². The minimum absolute atomic E-state index is 0.0896. The molecular weight excluding hydrogens is 230 g/mol. The predicted octanol–water partition coefficient (Wildman–Crippen LogP) is 2.34. The van der Waals surface area contributed by atoms with Gasteiger partial charge in [-0.05, 0) is 30.9 Å². The molecule has 0 fully saturated rings. The number of fused-ring (bicyclic) bond motifs is 1. The Morgan fingerprint density at radius 1 is 1.22 bits per heavy atom. The lowest BCUT2D eigenvalue weighted by Crippen LogP contribution is -2.18. The number of ether oxygens (including phenoxy) is 3. The Kier molecular flexibility index (Phi) is 3.97. The van der Waals surface area contributed by atoms with Crippen LogP contribution in [0, 0.1) is 5.92 Å². The Morgan fingerprint density at radius 3 is 2.50 bits per heavy atom. The number of rotatable bonds is 5. The first-order valence-corrected chi connectivity index (χ1v) is 6.37. The highest BCUT2D eigenvalue weighted by atomic mass is 16.7. The van der Waals surface area contributed by atoms with E-state index in [1.54, 1.807) is 0 Å². The first-order chi connectivity index (χ1) is 8.56. The first-order valence-electron chi connectivity index (χ1n) is 6.37. The van der Waals surface area contributed by atoms with Crippen molar-refractivity contribution < 1.29 is 14.2 Å². The molecule has 1 aliphatic heterocycles. The van der Waals surface area contributed by atoms with Crippen molar-refractivity contribution in [2.24, 2.45) is 11.7 Å². The van der Waals surface area contributed by atoms with E-state index >= 15 is 0 Å². The van der Waals surface area contributed by atoms with Crippen molar-refractivity contribution in [3.8, 4) is 17.2 Å². The summed E-state index contributed by atoms with van der Waals surface area (Å²) >= 11 is 0. The van der Waals surface area contributed by atoms with Gasteiger partial charge in [-0.25, -0.2) is 0 Å². The molecule has 4 heteroatoms. The largest absolute Gasteiger partial charge is 0.493 e. The standard InChI is InChI=1S/C14H21NO3/c1-9(2)7-16-12-6-14-13(17-8-18-14)5-11(12)4-10(3)15/h5-6,9-10H,4,7-8,15H2,1-3H3. The summed E-state index contributed by atoms with van der Waals surface area (Å²) in [6, 6.07) is 3.97. The van der Waals surface area contributed by atoms with Crippen LogP contribution in [0.5, 0.6) is 17.2 Å². The molecule has 0 spiro atoms. The second-order valence-electron chi connectivity index (χ2n) is 5.20. The lowest BCUT2D eigenvalue weighted by molar-refractivity contribution is 0.173. The van der Waals surface area contributed by atoms with E-state index in [0.717, 1.165) is 29.2 Å². The molecule has 1 aromatic carbocycles.